The van der Waals surface area contributed by atoms with Crippen molar-refractivity contribution in [1.29, 1.82) is 0 Å². The Labute approximate surface area is 173 Å². The van der Waals surface area contributed by atoms with E-state index < -0.39 is 11.8 Å². The predicted molar refractivity (Wildman–Crippen MR) is 111 cm³/mol. The summed E-state index contributed by atoms with van der Waals surface area (Å²) in [6, 6.07) is 10.1. The van der Waals surface area contributed by atoms with Crippen molar-refractivity contribution < 1.29 is 28.5 Å². The Kier molecular flexibility index (Phi) is 8.18. The van der Waals surface area contributed by atoms with Gasteiger partial charge < -0.3 is 18.9 Å². The molecule has 0 aliphatic rings. The quantitative estimate of drug-likeness (QED) is 0.382. The summed E-state index contributed by atoms with van der Waals surface area (Å²) in [7, 11) is 6.07. The van der Waals surface area contributed by atoms with Gasteiger partial charge in [-0.3, -0.25) is 9.59 Å². The second kappa shape index (κ2) is 11.1. The first kappa shape index (κ1) is 22.2. The molecule has 0 bridgehead atoms. The molecule has 0 heterocycles. The first-order valence-electron chi connectivity index (χ1n) is 8.61. The maximum atomic E-state index is 11.8. The van der Waals surface area contributed by atoms with Gasteiger partial charge in [0.05, 0.1) is 40.9 Å². The largest absolute Gasteiger partial charge is 0.497 e. The molecule has 0 radical (unpaired) electrons. The Morgan fingerprint density at radius 1 is 0.633 bits per heavy atom. The number of amides is 2. The summed E-state index contributed by atoms with van der Waals surface area (Å²) in [5.41, 5.74) is 5.44. The number of hydrazone groups is 2. The zero-order chi connectivity index (χ0) is 21.9. The molecule has 0 aliphatic carbocycles. The lowest BCUT2D eigenvalue weighted by Gasteiger charge is -2.05. The van der Waals surface area contributed by atoms with Crippen LogP contribution in [0, 0.1) is 0 Å². The topological polar surface area (TPSA) is 120 Å². The number of methoxy groups -OCH3 is 4. The van der Waals surface area contributed by atoms with Gasteiger partial charge in [0.15, 0.2) is 0 Å². The Hall–Kier alpha value is -4.08. The predicted octanol–water partition coefficient (Wildman–Crippen LogP) is 1.32. The Morgan fingerprint density at radius 2 is 0.933 bits per heavy atom. The molecule has 30 heavy (non-hydrogen) atoms. The molecular weight excluding hydrogens is 392 g/mol. The van der Waals surface area contributed by atoms with Gasteiger partial charge in [0.25, 0.3) is 0 Å². The van der Waals surface area contributed by atoms with Crippen molar-refractivity contribution in [3.05, 3.63) is 47.5 Å². The lowest BCUT2D eigenvalue weighted by atomic mass is 10.2. The molecule has 10 heteroatoms. The van der Waals surface area contributed by atoms with Crippen LogP contribution in [0.2, 0.25) is 0 Å². The number of nitrogens with zero attached hydrogens (tertiary/aromatic N) is 2. The van der Waals surface area contributed by atoms with Crippen LogP contribution >= 0.6 is 0 Å². The van der Waals surface area contributed by atoms with E-state index in [-0.39, 0.29) is 0 Å². The van der Waals surface area contributed by atoms with Gasteiger partial charge in [-0.1, -0.05) is 0 Å². The molecule has 0 fully saturated rings. The van der Waals surface area contributed by atoms with Crippen molar-refractivity contribution in [2.45, 2.75) is 0 Å². The van der Waals surface area contributed by atoms with Crippen LogP contribution in [0.5, 0.6) is 23.0 Å². The number of rotatable bonds is 8. The highest BCUT2D eigenvalue weighted by atomic mass is 16.5. The molecule has 2 amide bonds. The first-order chi connectivity index (χ1) is 14.5. The third-order valence-electron chi connectivity index (χ3n) is 3.71. The van der Waals surface area contributed by atoms with E-state index in [4.69, 9.17) is 18.9 Å². The van der Waals surface area contributed by atoms with Crippen LogP contribution < -0.4 is 29.8 Å². The maximum Gasteiger partial charge on any atom is 0.331 e. The highest BCUT2D eigenvalue weighted by Gasteiger charge is 2.11. The monoisotopic (exact) mass is 414 g/mol. The van der Waals surface area contributed by atoms with Crippen LogP contribution in [0.3, 0.4) is 0 Å². The smallest absolute Gasteiger partial charge is 0.331 e. The Bertz CT molecular complexity index is 836. The number of hydrogen-bond acceptors (Lipinski definition) is 8. The van der Waals surface area contributed by atoms with Crippen molar-refractivity contribution in [3.63, 3.8) is 0 Å². The standard InChI is InChI=1S/C20H22N4O6/c1-27-15-5-13(6-16(9-15)28-2)11-21-23-19(25)20(26)24-22-12-14-7-17(29-3)10-18(8-14)30-4/h5-12H,1-4H3,(H,23,25)(H,24,26)/b21-11-,22-12-. The van der Waals surface area contributed by atoms with Gasteiger partial charge in [0.1, 0.15) is 23.0 Å². The van der Waals surface area contributed by atoms with Crippen LogP contribution in [0.15, 0.2) is 46.6 Å². The summed E-state index contributed by atoms with van der Waals surface area (Å²) in [6.45, 7) is 0. The average Bonchev–Trinajstić information content (AvgIpc) is 2.78. The fourth-order valence-electron chi connectivity index (χ4n) is 2.24. The molecule has 2 aromatic rings. The molecular formula is C20H22N4O6. The van der Waals surface area contributed by atoms with Crippen molar-refractivity contribution in [2.24, 2.45) is 10.2 Å². The minimum absolute atomic E-state index is 0.559. The number of benzene rings is 2. The molecule has 0 aromatic heterocycles. The van der Waals surface area contributed by atoms with Gasteiger partial charge in [-0.05, 0) is 24.3 Å². The van der Waals surface area contributed by atoms with Crippen molar-refractivity contribution in [3.8, 4) is 23.0 Å². The fraction of sp³-hybridized carbons (Fsp3) is 0.200. The van der Waals surface area contributed by atoms with E-state index in [2.05, 4.69) is 21.1 Å². The summed E-state index contributed by atoms with van der Waals surface area (Å²) in [5.74, 6) is 0.265. The fourth-order valence-corrected chi connectivity index (χ4v) is 2.24. The SMILES string of the molecule is COc1cc(/C=N\NC(=O)C(=O)N/N=C\c2cc(OC)cc(OC)c2)cc(OC)c1. The number of carbonyl (C=O) groups is 2. The molecule has 0 spiro atoms. The number of carbonyl (C=O) groups excluding carboxylic acids is 2. The normalized spacial score (nSPS) is 10.7. The van der Waals surface area contributed by atoms with Crippen LogP contribution in [0.1, 0.15) is 11.1 Å². The van der Waals surface area contributed by atoms with E-state index in [0.29, 0.717) is 34.1 Å². The van der Waals surface area contributed by atoms with E-state index in [1.807, 2.05) is 0 Å². The van der Waals surface area contributed by atoms with Gasteiger partial charge >= 0.3 is 11.8 Å². The summed E-state index contributed by atoms with van der Waals surface area (Å²) in [6.07, 6.45) is 2.70. The second-order valence-corrected chi connectivity index (χ2v) is 5.69. The Balaban J connectivity index is 1.93. The first-order valence-corrected chi connectivity index (χ1v) is 8.61. The maximum absolute atomic E-state index is 11.8. The molecule has 0 saturated heterocycles. The van der Waals surface area contributed by atoms with Gasteiger partial charge in [-0.25, -0.2) is 10.9 Å². The van der Waals surface area contributed by atoms with Crippen LogP contribution in [0.4, 0.5) is 0 Å². The lowest BCUT2D eigenvalue weighted by Crippen LogP contribution is -2.35. The van der Waals surface area contributed by atoms with Crippen LogP contribution in [0.25, 0.3) is 0 Å². The molecule has 0 unspecified atom stereocenters. The third-order valence-corrected chi connectivity index (χ3v) is 3.71. The van der Waals surface area contributed by atoms with Crippen molar-refractivity contribution in [1.82, 2.24) is 10.9 Å². The zero-order valence-electron chi connectivity index (χ0n) is 17.0. The molecule has 2 aromatic carbocycles. The molecule has 0 atom stereocenters. The van der Waals surface area contributed by atoms with Crippen LogP contribution in [-0.4, -0.2) is 52.7 Å². The summed E-state index contributed by atoms with van der Waals surface area (Å²) < 4.78 is 20.6. The van der Waals surface area contributed by atoms with Gasteiger partial charge in [-0.15, -0.1) is 0 Å². The highest BCUT2D eigenvalue weighted by molar-refractivity contribution is 6.35. The lowest BCUT2D eigenvalue weighted by molar-refractivity contribution is -0.139. The van der Waals surface area contributed by atoms with Crippen molar-refractivity contribution >= 4 is 24.2 Å². The minimum Gasteiger partial charge on any atom is -0.497 e. The van der Waals surface area contributed by atoms with E-state index >= 15 is 0 Å². The Morgan fingerprint density at radius 3 is 1.20 bits per heavy atom. The van der Waals surface area contributed by atoms with E-state index in [9.17, 15) is 9.59 Å². The third kappa shape index (κ3) is 6.51. The van der Waals surface area contributed by atoms with E-state index in [0.717, 1.165) is 0 Å². The number of nitrogens with one attached hydrogen (secondary N) is 2. The summed E-state index contributed by atoms with van der Waals surface area (Å²) >= 11 is 0. The molecule has 158 valence electrons. The molecule has 2 rings (SSSR count). The minimum atomic E-state index is -0.985. The van der Waals surface area contributed by atoms with Crippen LogP contribution in [-0.2, 0) is 9.59 Å². The van der Waals surface area contributed by atoms with Crippen molar-refractivity contribution in [2.75, 3.05) is 28.4 Å². The second-order valence-electron chi connectivity index (χ2n) is 5.69. The van der Waals surface area contributed by atoms with Gasteiger partial charge in [0.2, 0.25) is 0 Å². The van der Waals surface area contributed by atoms with E-state index in [1.54, 1.807) is 36.4 Å². The highest BCUT2D eigenvalue weighted by Crippen LogP contribution is 2.22. The number of hydrogen-bond donors (Lipinski definition) is 2. The number of ether oxygens (including phenoxy) is 4. The molecule has 2 N–H and O–H groups in total. The molecule has 0 aliphatic heterocycles. The molecule has 0 saturated carbocycles. The average molecular weight is 414 g/mol. The molecule has 10 nitrogen and oxygen atoms in total. The van der Waals surface area contributed by atoms with Gasteiger partial charge in [-0.2, -0.15) is 10.2 Å². The summed E-state index contributed by atoms with van der Waals surface area (Å²) in [4.78, 5) is 23.6. The van der Waals surface area contributed by atoms with E-state index in [1.165, 1.54) is 40.9 Å². The summed E-state index contributed by atoms with van der Waals surface area (Å²) in [5, 5.41) is 7.49. The zero-order valence-corrected chi connectivity index (χ0v) is 17.0. The van der Waals surface area contributed by atoms with Gasteiger partial charge in [0, 0.05) is 23.3 Å².